The number of non-ortho nitro benzene ring substituents is 2. The van der Waals surface area contributed by atoms with E-state index in [-0.39, 0.29) is 23.5 Å². The molecule has 0 heterocycles. The molecule has 2 aromatic carbocycles. The number of nitrogens with zero attached hydrogens (tertiary/aromatic N) is 2. The van der Waals surface area contributed by atoms with Crippen LogP contribution in [0, 0.1) is 20.2 Å². The number of nitro benzene ring substituents is 2. The smallest absolute Gasteiger partial charge is 0.269 e. The van der Waals surface area contributed by atoms with Crippen LogP contribution in [0.25, 0.3) is 0 Å². The molecule has 0 bridgehead atoms. The Balaban J connectivity index is 1.67. The molecule has 8 heteroatoms. The third-order valence-corrected chi connectivity index (χ3v) is 4.63. The zero-order valence-corrected chi connectivity index (χ0v) is 14.1. The maximum Gasteiger partial charge on any atom is 0.269 e. The van der Waals surface area contributed by atoms with E-state index in [4.69, 9.17) is 0 Å². The highest BCUT2D eigenvalue weighted by Crippen LogP contribution is 2.27. The largest absolute Gasteiger partial charge is 0.380 e. The van der Waals surface area contributed by atoms with Crippen molar-refractivity contribution >= 4 is 22.7 Å². The number of anilines is 2. The molecule has 0 unspecified atom stereocenters. The van der Waals surface area contributed by atoms with E-state index in [9.17, 15) is 20.2 Å². The van der Waals surface area contributed by atoms with Crippen LogP contribution in [-0.4, -0.2) is 21.9 Å². The van der Waals surface area contributed by atoms with Crippen LogP contribution < -0.4 is 10.6 Å². The minimum Gasteiger partial charge on any atom is -0.380 e. The van der Waals surface area contributed by atoms with Gasteiger partial charge in [-0.2, -0.15) is 0 Å². The molecule has 26 heavy (non-hydrogen) atoms. The van der Waals surface area contributed by atoms with Gasteiger partial charge in [0.2, 0.25) is 0 Å². The molecule has 3 rings (SSSR count). The van der Waals surface area contributed by atoms with Gasteiger partial charge in [-0.3, -0.25) is 20.2 Å². The fraction of sp³-hybridized carbons (Fsp3) is 0.333. The summed E-state index contributed by atoms with van der Waals surface area (Å²) < 4.78 is 0. The van der Waals surface area contributed by atoms with Crippen molar-refractivity contribution in [2.45, 2.75) is 37.8 Å². The average Bonchev–Trinajstić information content (AvgIpc) is 2.64. The molecule has 0 saturated heterocycles. The summed E-state index contributed by atoms with van der Waals surface area (Å²) in [5.41, 5.74) is 1.83. The number of nitro groups is 2. The summed E-state index contributed by atoms with van der Waals surface area (Å²) >= 11 is 0. The molecule has 1 fully saturated rings. The van der Waals surface area contributed by atoms with E-state index >= 15 is 0 Å². The Labute approximate surface area is 150 Å². The molecule has 2 aromatic rings. The summed E-state index contributed by atoms with van der Waals surface area (Å²) in [6, 6.07) is 13.2. The quantitative estimate of drug-likeness (QED) is 0.588. The van der Waals surface area contributed by atoms with Gasteiger partial charge in [-0.05, 0) is 37.1 Å². The molecular weight excluding hydrogens is 336 g/mol. The zero-order valence-electron chi connectivity index (χ0n) is 14.1. The number of hydrogen-bond acceptors (Lipinski definition) is 6. The molecule has 1 aliphatic rings. The van der Waals surface area contributed by atoms with Crippen LogP contribution in [0.15, 0.2) is 48.5 Å². The lowest BCUT2D eigenvalue weighted by atomic mass is 9.90. The monoisotopic (exact) mass is 356 g/mol. The van der Waals surface area contributed by atoms with Crippen LogP contribution in [0.2, 0.25) is 0 Å². The van der Waals surface area contributed by atoms with Crippen LogP contribution in [0.1, 0.15) is 25.7 Å². The van der Waals surface area contributed by atoms with E-state index in [1.54, 1.807) is 24.3 Å². The van der Waals surface area contributed by atoms with Crippen molar-refractivity contribution < 1.29 is 9.85 Å². The highest BCUT2D eigenvalue weighted by molar-refractivity contribution is 5.52. The molecule has 0 amide bonds. The molecule has 0 spiro atoms. The summed E-state index contributed by atoms with van der Waals surface area (Å²) in [5, 5.41) is 28.4. The summed E-state index contributed by atoms with van der Waals surface area (Å²) in [6.45, 7) is 0. The van der Waals surface area contributed by atoms with E-state index in [0.29, 0.717) is 0 Å². The topological polar surface area (TPSA) is 110 Å². The van der Waals surface area contributed by atoms with Crippen molar-refractivity contribution in [1.29, 1.82) is 0 Å². The van der Waals surface area contributed by atoms with Crippen LogP contribution in [0.5, 0.6) is 0 Å². The zero-order chi connectivity index (χ0) is 18.5. The van der Waals surface area contributed by atoms with Crippen LogP contribution >= 0.6 is 0 Å². The molecule has 8 nitrogen and oxygen atoms in total. The first-order valence-electron chi connectivity index (χ1n) is 8.55. The molecule has 1 aliphatic carbocycles. The molecule has 1 saturated carbocycles. The highest BCUT2D eigenvalue weighted by atomic mass is 16.6. The van der Waals surface area contributed by atoms with Gasteiger partial charge in [0.15, 0.2) is 0 Å². The number of nitrogens with one attached hydrogen (secondary N) is 2. The van der Waals surface area contributed by atoms with E-state index in [1.807, 2.05) is 0 Å². The predicted octanol–water partition coefficient (Wildman–Crippen LogP) is 4.34. The van der Waals surface area contributed by atoms with Crippen molar-refractivity contribution in [1.82, 2.24) is 0 Å². The standard InChI is InChI=1S/C18H20N4O4/c23-21(24)15-9-5-13(6-10-15)19-17-3-1-2-4-18(17)20-14-7-11-16(12-8-14)22(25)26/h5-12,17-20H,1-4H2/t17-,18-/m1/s1. The lowest BCUT2D eigenvalue weighted by Crippen LogP contribution is -2.41. The first-order valence-corrected chi connectivity index (χ1v) is 8.55. The van der Waals surface area contributed by atoms with Crippen molar-refractivity contribution in [2.24, 2.45) is 0 Å². The van der Waals surface area contributed by atoms with Gasteiger partial charge in [0.25, 0.3) is 11.4 Å². The molecule has 2 atom stereocenters. The molecule has 136 valence electrons. The van der Waals surface area contributed by atoms with Gasteiger partial charge < -0.3 is 10.6 Å². The lowest BCUT2D eigenvalue weighted by molar-refractivity contribution is -0.385. The number of rotatable bonds is 6. The maximum absolute atomic E-state index is 10.8. The fourth-order valence-corrected chi connectivity index (χ4v) is 3.26. The van der Waals surface area contributed by atoms with E-state index in [2.05, 4.69) is 10.6 Å². The Morgan fingerprint density at radius 2 is 1.04 bits per heavy atom. The van der Waals surface area contributed by atoms with Crippen molar-refractivity contribution in [3.63, 3.8) is 0 Å². The molecule has 0 aliphatic heterocycles. The van der Waals surface area contributed by atoms with Gasteiger partial charge >= 0.3 is 0 Å². The Morgan fingerprint density at radius 1 is 0.692 bits per heavy atom. The van der Waals surface area contributed by atoms with Gasteiger partial charge in [-0.25, -0.2) is 0 Å². The second-order valence-corrected chi connectivity index (χ2v) is 6.39. The first kappa shape index (κ1) is 17.7. The summed E-state index contributed by atoms with van der Waals surface area (Å²) in [5.74, 6) is 0. The number of hydrogen-bond donors (Lipinski definition) is 2. The molecule has 0 aromatic heterocycles. The van der Waals surface area contributed by atoms with Crippen LogP contribution in [-0.2, 0) is 0 Å². The third kappa shape index (κ3) is 4.27. The second kappa shape index (κ2) is 7.81. The molecule has 0 radical (unpaired) electrons. The summed E-state index contributed by atoms with van der Waals surface area (Å²) in [4.78, 5) is 20.7. The van der Waals surface area contributed by atoms with E-state index in [0.717, 1.165) is 37.1 Å². The fourth-order valence-electron chi connectivity index (χ4n) is 3.26. The number of benzene rings is 2. The van der Waals surface area contributed by atoms with Gasteiger partial charge in [-0.15, -0.1) is 0 Å². The Kier molecular flexibility index (Phi) is 5.31. The minimum absolute atomic E-state index is 0.0692. The first-order chi connectivity index (χ1) is 12.5. The van der Waals surface area contributed by atoms with Crippen LogP contribution in [0.3, 0.4) is 0 Å². The van der Waals surface area contributed by atoms with Crippen molar-refractivity contribution in [2.75, 3.05) is 10.6 Å². The second-order valence-electron chi connectivity index (χ2n) is 6.39. The van der Waals surface area contributed by atoms with Gasteiger partial charge in [0, 0.05) is 47.7 Å². The minimum atomic E-state index is -0.413. The van der Waals surface area contributed by atoms with Gasteiger partial charge in [-0.1, -0.05) is 12.8 Å². The highest BCUT2D eigenvalue weighted by Gasteiger charge is 2.25. The molecular formula is C18H20N4O4. The van der Waals surface area contributed by atoms with Crippen molar-refractivity contribution in [3.05, 3.63) is 68.8 Å². The normalized spacial score (nSPS) is 19.5. The Hall–Kier alpha value is -3.16. The van der Waals surface area contributed by atoms with E-state index < -0.39 is 9.85 Å². The van der Waals surface area contributed by atoms with E-state index in [1.165, 1.54) is 24.3 Å². The van der Waals surface area contributed by atoms with Crippen molar-refractivity contribution in [3.8, 4) is 0 Å². The maximum atomic E-state index is 10.8. The Morgan fingerprint density at radius 3 is 1.35 bits per heavy atom. The summed E-state index contributed by atoms with van der Waals surface area (Å²) in [7, 11) is 0. The van der Waals surface area contributed by atoms with Crippen LogP contribution in [0.4, 0.5) is 22.7 Å². The SMILES string of the molecule is O=[N+]([O-])c1ccc(N[C@@H]2CCCC[C@H]2Nc2ccc([N+](=O)[O-])cc2)cc1. The molecule has 2 N–H and O–H groups in total. The average molecular weight is 356 g/mol. The Bertz CT molecular complexity index is 709. The van der Waals surface area contributed by atoms with Gasteiger partial charge in [0.05, 0.1) is 9.85 Å². The predicted molar refractivity (Wildman–Crippen MR) is 99.5 cm³/mol. The lowest BCUT2D eigenvalue weighted by Gasteiger charge is -2.34. The third-order valence-electron chi connectivity index (χ3n) is 4.63. The van der Waals surface area contributed by atoms with Gasteiger partial charge in [0.1, 0.15) is 0 Å². The summed E-state index contributed by atoms with van der Waals surface area (Å²) in [6.07, 6.45) is 4.20.